The largest absolute Gasteiger partial charge is 0.351 e. The molecule has 1 saturated carbocycles. The Morgan fingerprint density at radius 1 is 0.947 bits per heavy atom. The lowest BCUT2D eigenvalue weighted by molar-refractivity contribution is 0.401. The molecule has 0 aliphatic heterocycles. The summed E-state index contributed by atoms with van der Waals surface area (Å²) in [4.78, 5) is 32.0. The van der Waals surface area contributed by atoms with Gasteiger partial charge in [0.25, 0.3) is 5.56 Å². The molecule has 0 saturated heterocycles. The first-order valence-electron chi connectivity index (χ1n) is 12.6. The lowest BCUT2D eigenvalue weighted by Crippen LogP contribution is -2.43. The molecule has 3 N–H and O–H groups in total. The highest BCUT2D eigenvalue weighted by Gasteiger charge is 2.26. The van der Waals surface area contributed by atoms with Gasteiger partial charge in [0.15, 0.2) is 11.2 Å². The quantitative estimate of drug-likeness (QED) is 0.406. The molecule has 0 bridgehead atoms. The van der Waals surface area contributed by atoms with Crippen LogP contribution in [0.3, 0.4) is 0 Å². The van der Waals surface area contributed by atoms with Crippen molar-refractivity contribution in [1.29, 1.82) is 10.5 Å². The number of fused-ring (bicyclic) bond motifs is 1. The van der Waals surface area contributed by atoms with Gasteiger partial charge >= 0.3 is 5.69 Å². The molecular weight excluding hydrogens is 480 g/mol. The molecule has 2 atom stereocenters. The maximum atomic E-state index is 13.9. The summed E-state index contributed by atoms with van der Waals surface area (Å²) in [5.74, 6) is 0.428. The van der Waals surface area contributed by atoms with Crippen LogP contribution in [0.4, 0.5) is 5.95 Å². The van der Waals surface area contributed by atoms with Gasteiger partial charge in [-0.25, -0.2) is 4.79 Å². The van der Waals surface area contributed by atoms with Gasteiger partial charge in [0.2, 0.25) is 5.95 Å². The lowest BCUT2D eigenvalue weighted by Gasteiger charge is -2.29. The molecular formula is C28H28N8O2. The minimum atomic E-state index is -0.529. The Morgan fingerprint density at radius 2 is 1.53 bits per heavy atom. The second-order valence-electron chi connectivity index (χ2n) is 9.66. The van der Waals surface area contributed by atoms with E-state index < -0.39 is 11.2 Å². The number of hydrogen-bond donors (Lipinski definition) is 2. The molecule has 0 unspecified atom stereocenters. The van der Waals surface area contributed by atoms with Crippen molar-refractivity contribution in [3.63, 3.8) is 0 Å². The maximum Gasteiger partial charge on any atom is 0.332 e. The Bertz CT molecular complexity index is 1720. The second kappa shape index (κ2) is 10.4. The predicted molar refractivity (Wildman–Crippen MR) is 144 cm³/mol. The fourth-order valence-electron chi connectivity index (χ4n) is 5.15. The van der Waals surface area contributed by atoms with Crippen LogP contribution in [-0.4, -0.2) is 30.8 Å². The summed E-state index contributed by atoms with van der Waals surface area (Å²) < 4.78 is 4.22. The summed E-state index contributed by atoms with van der Waals surface area (Å²) in [6, 6.07) is 18.3. The van der Waals surface area contributed by atoms with E-state index >= 15 is 0 Å². The number of nitrogens with two attached hydrogens (primary N) is 1. The number of aryl methyl sites for hydroxylation is 1. The molecule has 2 heterocycles. The van der Waals surface area contributed by atoms with Crippen molar-refractivity contribution in [1.82, 2.24) is 18.7 Å². The van der Waals surface area contributed by atoms with Crippen LogP contribution in [0.2, 0.25) is 0 Å². The summed E-state index contributed by atoms with van der Waals surface area (Å²) in [5, 5.41) is 22.6. The smallest absolute Gasteiger partial charge is 0.332 e. The zero-order chi connectivity index (χ0) is 26.8. The van der Waals surface area contributed by atoms with Gasteiger partial charge in [-0.05, 0) is 36.1 Å². The molecule has 1 aliphatic carbocycles. The van der Waals surface area contributed by atoms with Crippen molar-refractivity contribution in [2.24, 2.45) is 12.8 Å². The number of aromatic nitrogens is 4. The topological polar surface area (TPSA) is 147 Å². The average Bonchev–Trinajstić information content (AvgIpc) is 3.29. The second-order valence-corrected chi connectivity index (χ2v) is 9.66. The molecule has 5 rings (SSSR count). The monoisotopic (exact) mass is 508 g/mol. The maximum absolute atomic E-state index is 13.9. The lowest BCUT2D eigenvalue weighted by atomic mass is 9.91. The van der Waals surface area contributed by atoms with E-state index in [9.17, 15) is 20.1 Å². The molecule has 1 aliphatic rings. The number of nitriles is 2. The molecule has 0 spiro atoms. The number of nitrogens with one attached hydrogen (secondary N) is 1. The molecule has 4 aromatic rings. The van der Waals surface area contributed by atoms with E-state index in [1.165, 1.54) is 4.57 Å². The van der Waals surface area contributed by atoms with Gasteiger partial charge in [-0.15, -0.1) is 0 Å². The molecule has 192 valence electrons. The minimum absolute atomic E-state index is 0.0349. The number of rotatable bonds is 6. The molecule has 10 heteroatoms. The summed E-state index contributed by atoms with van der Waals surface area (Å²) in [5.41, 5.74) is 8.01. The average molecular weight is 509 g/mol. The number of benzene rings is 2. The summed E-state index contributed by atoms with van der Waals surface area (Å²) in [6.45, 7) is 0.147. The first kappa shape index (κ1) is 25.0. The van der Waals surface area contributed by atoms with Crippen molar-refractivity contribution in [3.8, 4) is 12.1 Å². The molecule has 2 aromatic heterocycles. The van der Waals surface area contributed by atoms with Crippen molar-refractivity contribution in [3.05, 3.63) is 91.6 Å². The van der Waals surface area contributed by atoms with Crippen LogP contribution in [-0.2, 0) is 20.1 Å². The van der Waals surface area contributed by atoms with E-state index in [1.807, 2.05) is 12.1 Å². The Labute approximate surface area is 219 Å². The normalized spacial score (nSPS) is 17.2. The fourth-order valence-corrected chi connectivity index (χ4v) is 5.15. The van der Waals surface area contributed by atoms with E-state index in [4.69, 9.17) is 10.7 Å². The SMILES string of the molecule is Cn1c(=O)n(Cc2ccccc2C#N)c(=O)c2c1nc(N[C@@H]1CCCC[C@@H]1N)n2Cc1ccccc1C#N. The van der Waals surface area contributed by atoms with Gasteiger partial charge in [0, 0.05) is 19.1 Å². The van der Waals surface area contributed by atoms with Crippen molar-refractivity contribution in [2.45, 2.75) is 50.9 Å². The van der Waals surface area contributed by atoms with E-state index in [-0.39, 0.29) is 36.3 Å². The van der Waals surface area contributed by atoms with Crippen LogP contribution in [0.15, 0.2) is 58.1 Å². The van der Waals surface area contributed by atoms with Crippen LogP contribution >= 0.6 is 0 Å². The van der Waals surface area contributed by atoms with Crippen LogP contribution < -0.4 is 22.3 Å². The molecule has 0 radical (unpaired) electrons. The number of imidazole rings is 1. The van der Waals surface area contributed by atoms with Gasteiger partial charge in [-0.1, -0.05) is 49.2 Å². The molecule has 1 fully saturated rings. The zero-order valence-electron chi connectivity index (χ0n) is 21.1. The third kappa shape index (κ3) is 4.47. The first-order chi connectivity index (χ1) is 18.4. The standard InChI is InChI=1S/C28H28N8O2/c1-34-25-24(26(37)36(28(34)38)17-21-11-5-3-9-19(21)15-30)35(16-20-10-4-2-8-18(20)14-29)27(33-25)32-23-13-7-6-12-22(23)31/h2-5,8-11,22-23H,6-7,12-13,16-17,31H2,1H3,(H,32,33)/t22-,23+/m0/s1. The highest BCUT2D eigenvalue weighted by molar-refractivity contribution is 5.74. The van der Waals surface area contributed by atoms with E-state index in [1.54, 1.807) is 48.0 Å². The summed E-state index contributed by atoms with van der Waals surface area (Å²) in [6.07, 6.45) is 3.85. The van der Waals surface area contributed by atoms with Gasteiger partial charge in [-0.3, -0.25) is 18.5 Å². The van der Waals surface area contributed by atoms with E-state index in [0.717, 1.165) is 35.8 Å². The third-order valence-electron chi connectivity index (χ3n) is 7.30. The molecule has 38 heavy (non-hydrogen) atoms. The van der Waals surface area contributed by atoms with Crippen LogP contribution in [0, 0.1) is 22.7 Å². The van der Waals surface area contributed by atoms with E-state index in [0.29, 0.717) is 22.6 Å². The van der Waals surface area contributed by atoms with Crippen molar-refractivity contribution in [2.75, 3.05) is 5.32 Å². The van der Waals surface area contributed by atoms with E-state index in [2.05, 4.69) is 17.5 Å². The Morgan fingerprint density at radius 3 is 2.13 bits per heavy atom. The van der Waals surface area contributed by atoms with Gasteiger partial charge in [-0.2, -0.15) is 15.5 Å². The van der Waals surface area contributed by atoms with Crippen LogP contribution in [0.1, 0.15) is 47.9 Å². The Hall–Kier alpha value is -4.67. The Balaban J connectivity index is 1.71. The minimum Gasteiger partial charge on any atom is -0.351 e. The van der Waals surface area contributed by atoms with Crippen molar-refractivity contribution < 1.29 is 0 Å². The molecule has 10 nitrogen and oxygen atoms in total. The molecule has 2 aromatic carbocycles. The van der Waals surface area contributed by atoms with Crippen molar-refractivity contribution >= 4 is 17.1 Å². The Kier molecular flexibility index (Phi) is 6.82. The van der Waals surface area contributed by atoms with Gasteiger partial charge in [0.05, 0.1) is 36.4 Å². The van der Waals surface area contributed by atoms with Gasteiger partial charge in [0.1, 0.15) is 0 Å². The highest BCUT2D eigenvalue weighted by Crippen LogP contribution is 2.24. The summed E-state index contributed by atoms with van der Waals surface area (Å²) >= 11 is 0. The highest BCUT2D eigenvalue weighted by atomic mass is 16.2. The fraction of sp³-hybridized carbons (Fsp3) is 0.321. The number of anilines is 1. The number of nitrogens with zero attached hydrogens (tertiary/aromatic N) is 6. The van der Waals surface area contributed by atoms with Crippen LogP contribution in [0.25, 0.3) is 11.2 Å². The van der Waals surface area contributed by atoms with Crippen LogP contribution in [0.5, 0.6) is 0 Å². The first-order valence-corrected chi connectivity index (χ1v) is 12.6. The molecule has 0 amide bonds. The van der Waals surface area contributed by atoms with Gasteiger partial charge < -0.3 is 11.1 Å². The third-order valence-corrected chi connectivity index (χ3v) is 7.30. The predicted octanol–water partition coefficient (Wildman–Crippen LogP) is 2.42. The summed E-state index contributed by atoms with van der Waals surface area (Å²) in [7, 11) is 1.58. The zero-order valence-corrected chi connectivity index (χ0v) is 21.1. The number of hydrogen-bond acceptors (Lipinski definition) is 7.